The highest BCUT2D eigenvalue weighted by Crippen LogP contribution is 2.08. The molecule has 0 aliphatic carbocycles. The van der Waals surface area contributed by atoms with Crippen LogP contribution >= 0.6 is 0 Å². The van der Waals surface area contributed by atoms with Crippen LogP contribution in [0, 0.1) is 5.92 Å². The molecule has 0 saturated heterocycles. The molecule has 1 atom stereocenters. The molecular formula is C9H19N3. The summed E-state index contributed by atoms with van der Waals surface area (Å²) in [7, 11) is 0. The molecule has 0 rings (SSSR count). The lowest BCUT2D eigenvalue weighted by Crippen LogP contribution is -2.39. The second-order valence-corrected chi connectivity index (χ2v) is 3.29. The highest BCUT2D eigenvalue weighted by Gasteiger charge is 2.12. The average molecular weight is 169 g/mol. The topological polar surface area (TPSA) is 55.3 Å². The molecule has 0 spiro atoms. The summed E-state index contributed by atoms with van der Waals surface area (Å²) < 4.78 is 0. The van der Waals surface area contributed by atoms with Gasteiger partial charge in [-0.1, -0.05) is 19.9 Å². The molecule has 0 amide bonds. The lowest BCUT2D eigenvalue weighted by Gasteiger charge is -2.26. The van der Waals surface area contributed by atoms with E-state index in [9.17, 15) is 0 Å². The van der Waals surface area contributed by atoms with E-state index in [2.05, 4.69) is 20.4 Å². The molecule has 0 fully saturated rings. The molecule has 12 heavy (non-hydrogen) atoms. The summed E-state index contributed by atoms with van der Waals surface area (Å²) in [5, 5.41) is 1.59. The molecule has 0 saturated carbocycles. The van der Waals surface area contributed by atoms with Crippen LogP contribution in [0.2, 0.25) is 0 Å². The molecule has 0 bridgehead atoms. The first-order valence-corrected chi connectivity index (χ1v) is 4.08. The Morgan fingerprint density at radius 1 is 1.50 bits per heavy atom. The summed E-state index contributed by atoms with van der Waals surface area (Å²) in [6, 6.07) is 0.142. The van der Waals surface area contributed by atoms with Crippen LogP contribution in [-0.2, 0) is 0 Å². The van der Waals surface area contributed by atoms with Gasteiger partial charge in [-0.3, -0.25) is 0 Å². The van der Waals surface area contributed by atoms with Gasteiger partial charge in [-0.2, -0.15) is 0 Å². The number of nitrogens with zero attached hydrogens (tertiary/aromatic N) is 1. The summed E-state index contributed by atoms with van der Waals surface area (Å²) in [5.41, 5.74) is 6.19. The number of allylic oxidation sites excluding steroid dienone is 1. The smallest absolute Gasteiger partial charge is 0.0646 e. The van der Waals surface area contributed by atoms with Crippen molar-refractivity contribution in [3.8, 4) is 0 Å². The second-order valence-electron chi connectivity index (χ2n) is 3.29. The summed E-state index contributed by atoms with van der Waals surface area (Å²) in [4.78, 5) is 0. The maximum atomic E-state index is 5.74. The third kappa shape index (κ3) is 3.44. The first kappa shape index (κ1) is 11.0. The quantitative estimate of drug-likeness (QED) is 0.377. The van der Waals surface area contributed by atoms with Crippen molar-refractivity contribution in [2.24, 2.45) is 17.5 Å². The molecule has 0 aromatic rings. The minimum atomic E-state index is 0.142. The third-order valence-electron chi connectivity index (χ3n) is 1.62. The van der Waals surface area contributed by atoms with Crippen molar-refractivity contribution in [1.82, 2.24) is 5.01 Å². The molecule has 4 N–H and O–H groups in total. The zero-order valence-corrected chi connectivity index (χ0v) is 8.12. The fraction of sp³-hybridized carbons (Fsp3) is 0.556. The fourth-order valence-electron chi connectivity index (χ4n) is 1.06. The SMILES string of the molecule is C=CC(C(C)C)N(N)/C=C(/C)N. The Kier molecular flexibility index (Phi) is 4.44. The zero-order valence-electron chi connectivity index (χ0n) is 8.12. The predicted molar refractivity (Wildman–Crippen MR) is 52.8 cm³/mol. The van der Waals surface area contributed by atoms with Crippen molar-refractivity contribution in [2.75, 3.05) is 0 Å². The van der Waals surface area contributed by atoms with E-state index in [4.69, 9.17) is 11.6 Å². The van der Waals surface area contributed by atoms with E-state index in [1.807, 2.05) is 6.08 Å². The monoisotopic (exact) mass is 169 g/mol. The normalized spacial score (nSPS) is 14.6. The molecule has 3 heteroatoms. The predicted octanol–water partition coefficient (Wildman–Crippen LogP) is 1.19. The Morgan fingerprint density at radius 3 is 2.25 bits per heavy atom. The van der Waals surface area contributed by atoms with Crippen LogP contribution in [-0.4, -0.2) is 11.1 Å². The van der Waals surface area contributed by atoms with E-state index in [0.717, 1.165) is 0 Å². The fourth-order valence-corrected chi connectivity index (χ4v) is 1.06. The Bertz CT molecular complexity index is 169. The molecule has 0 aromatic heterocycles. The van der Waals surface area contributed by atoms with Crippen LogP contribution in [0.3, 0.4) is 0 Å². The van der Waals surface area contributed by atoms with Gasteiger partial charge in [-0.15, -0.1) is 6.58 Å². The van der Waals surface area contributed by atoms with Crippen LogP contribution in [0.1, 0.15) is 20.8 Å². The number of hydrogen-bond acceptors (Lipinski definition) is 3. The molecular weight excluding hydrogens is 150 g/mol. The minimum Gasteiger partial charge on any atom is -0.401 e. The largest absolute Gasteiger partial charge is 0.401 e. The van der Waals surface area contributed by atoms with Gasteiger partial charge in [-0.05, 0) is 12.8 Å². The molecule has 3 nitrogen and oxygen atoms in total. The van der Waals surface area contributed by atoms with Crippen molar-refractivity contribution in [1.29, 1.82) is 0 Å². The van der Waals surface area contributed by atoms with Crippen LogP contribution < -0.4 is 11.6 Å². The van der Waals surface area contributed by atoms with E-state index < -0.39 is 0 Å². The summed E-state index contributed by atoms with van der Waals surface area (Å²) in [6.45, 7) is 9.70. The van der Waals surface area contributed by atoms with E-state index >= 15 is 0 Å². The molecule has 0 aliphatic heterocycles. The lowest BCUT2D eigenvalue weighted by molar-refractivity contribution is 0.269. The lowest BCUT2D eigenvalue weighted by atomic mass is 10.0. The van der Waals surface area contributed by atoms with Gasteiger partial charge in [0.05, 0.1) is 6.04 Å². The van der Waals surface area contributed by atoms with Crippen LogP contribution in [0.15, 0.2) is 24.6 Å². The zero-order chi connectivity index (χ0) is 9.72. The van der Waals surface area contributed by atoms with Crippen LogP contribution in [0.5, 0.6) is 0 Å². The molecule has 0 radical (unpaired) electrons. The Labute approximate surface area is 74.7 Å². The Balaban J connectivity index is 4.31. The molecule has 0 aromatic carbocycles. The molecule has 70 valence electrons. The van der Waals surface area contributed by atoms with E-state index in [0.29, 0.717) is 11.6 Å². The highest BCUT2D eigenvalue weighted by molar-refractivity contribution is 4.97. The first-order valence-electron chi connectivity index (χ1n) is 4.08. The number of rotatable bonds is 4. The Morgan fingerprint density at radius 2 is 2.00 bits per heavy atom. The summed E-state index contributed by atoms with van der Waals surface area (Å²) in [6.07, 6.45) is 3.54. The summed E-state index contributed by atoms with van der Waals surface area (Å²) in [5.74, 6) is 6.17. The maximum absolute atomic E-state index is 5.74. The van der Waals surface area contributed by atoms with Gasteiger partial charge in [0.15, 0.2) is 0 Å². The van der Waals surface area contributed by atoms with Gasteiger partial charge in [-0.25, -0.2) is 5.84 Å². The van der Waals surface area contributed by atoms with Crippen molar-refractivity contribution in [3.63, 3.8) is 0 Å². The van der Waals surface area contributed by atoms with Gasteiger partial charge in [0, 0.05) is 11.9 Å². The second kappa shape index (κ2) is 4.83. The number of hydrogen-bond donors (Lipinski definition) is 2. The minimum absolute atomic E-state index is 0.142. The number of nitrogens with two attached hydrogens (primary N) is 2. The Hall–Kier alpha value is -0.960. The van der Waals surface area contributed by atoms with Crippen LogP contribution in [0.4, 0.5) is 0 Å². The van der Waals surface area contributed by atoms with Crippen molar-refractivity contribution in [2.45, 2.75) is 26.8 Å². The molecule has 1 unspecified atom stereocenters. The third-order valence-corrected chi connectivity index (χ3v) is 1.62. The molecule has 0 aliphatic rings. The van der Waals surface area contributed by atoms with Crippen LogP contribution in [0.25, 0.3) is 0 Å². The van der Waals surface area contributed by atoms with Gasteiger partial charge < -0.3 is 10.7 Å². The maximum Gasteiger partial charge on any atom is 0.0646 e. The van der Waals surface area contributed by atoms with Gasteiger partial charge in [0.25, 0.3) is 0 Å². The highest BCUT2D eigenvalue weighted by atomic mass is 15.4. The van der Waals surface area contributed by atoms with Crippen molar-refractivity contribution >= 4 is 0 Å². The average Bonchev–Trinajstić information content (AvgIpc) is 1.85. The van der Waals surface area contributed by atoms with Crippen molar-refractivity contribution < 1.29 is 0 Å². The standard InChI is InChI=1S/C9H19N3/c1-5-9(7(2)3)12(11)6-8(4)10/h5-7,9H,1,10-11H2,2-4H3/b8-6-. The van der Waals surface area contributed by atoms with Gasteiger partial charge in [0.1, 0.15) is 0 Å². The van der Waals surface area contributed by atoms with E-state index in [1.165, 1.54) is 0 Å². The van der Waals surface area contributed by atoms with E-state index in [-0.39, 0.29) is 6.04 Å². The van der Waals surface area contributed by atoms with Crippen molar-refractivity contribution in [3.05, 3.63) is 24.6 Å². The van der Waals surface area contributed by atoms with E-state index in [1.54, 1.807) is 18.1 Å². The molecule has 0 heterocycles. The van der Waals surface area contributed by atoms with Gasteiger partial charge >= 0.3 is 0 Å². The first-order chi connectivity index (χ1) is 5.49. The summed E-state index contributed by atoms with van der Waals surface area (Å²) >= 11 is 0. The van der Waals surface area contributed by atoms with Gasteiger partial charge in [0.2, 0.25) is 0 Å². The number of hydrazine groups is 1.